The number of unbranched alkanes of at least 4 members (excludes halogenated alkanes) is 23. The van der Waals surface area contributed by atoms with E-state index in [9.17, 15) is 79.4 Å². The number of rotatable bonds is 58. The fourth-order valence-electron chi connectivity index (χ4n) is 11.7. The van der Waals surface area contributed by atoms with Gasteiger partial charge in [0.15, 0.2) is 25.0 Å². The van der Waals surface area contributed by atoms with E-state index in [1.54, 1.807) is 0 Å². The van der Waals surface area contributed by atoms with Gasteiger partial charge < -0.3 is 105 Å². The molecule has 0 aromatic carbocycles. The predicted molar refractivity (Wildman–Crippen MR) is 367 cm³/mol. The molecule has 0 aliphatic carbocycles. The third-order valence-electron chi connectivity index (χ3n) is 17.6. The third-order valence-corrected chi connectivity index (χ3v) is 18.6. The lowest BCUT2D eigenvalue weighted by molar-refractivity contribution is -0.376. The summed E-state index contributed by atoms with van der Waals surface area (Å²) >= 11 is 0. The standard InChI is InChI=1S/C70H126N3O26P/c1-4-6-8-10-12-14-16-18-20-22-24-26-28-30-32-39-57(80)91-48-51(94-58(81)40-33-31-29-27-25-23-21-19-17-15-13-11-9-7-5-2)49-93-100(88,89)92-44-42-72-56(79)38-35-34-37-55(78)71-41-36-43-90-68-59(73-50(3)77)62(84)66(54(47-76)97-68)98-70-65(87)67(61(83)53(46-75)96-70)99-69-64(86)63(85)60(82)52(45-74)95-69/h18-21,51-54,59-70,74-76,82-87H,4-17,22-49H2,1-3H3,(H,71,78)(H,72,79)(H,73,77)(H,88,89)/b20-18-,21-19-/t51-,52-,53-,54-,59-,60+,61+,62-,63+,64-,65-,66-,67+,68-,69-,70+/m1/s1. The normalized spacial score (nSPS) is 26.5. The zero-order valence-electron chi connectivity index (χ0n) is 59.7. The van der Waals surface area contributed by atoms with E-state index < -0.39 is 163 Å². The second-order valence-electron chi connectivity index (χ2n) is 26.2. The Morgan fingerprint density at radius 2 is 0.910 bits per heavy atom. The van der Waals surface area contributed by atoms with Crippen LogP contribution < -0.4 is 16.0 Å². The van der Waals surface area contributed by atoms with E-state index in [2.05, 4.69) is 54.1 Å². The molecular weight excluding hydrogens is 1330 g/mol. The maximum absolute atomic E-state index is 13.0. The molecule has 582 valence electrons. The summed E-state index contributed by atoms with van der Waals surface area (Å²) in [5.74, 6) is -2.41. The van der Waals surface area contributed by atoms with Crippen molar-refractivity contribution >= 4 is 37.5 Å². The first-order chi connectivity index (χ1) is 48.2. The maximum Gasteiger partial charge on any atom is 0.472 e. The molecule has 3 aliphatic heterocycles. The number of esters is 2. The molecule has 0 bridgehead atoms. The third kappa shape index (κ3) is 38.4. The van der Waals surface area contributed by atoms with E-state index in [-0.39, 0.29) is 64.3 Å². The van der Waals surface area contributed by atoms with Gasteiger partial charge in [0.1, 0.15) is 79.8 Å². The second kappa shape index (κ2) is 54.9. The number of aliphatic hydroxyl groups excluding tert-OH is 9. The number of aliphatic hydroxyl groups is 9. The van der Waals surface area contributed by atoms with Gasteiger partial charge in [-0.3, -0.25) is 33.0 Å². The minimum absolute atomic E-state index is 0.0267. The molecule has 0 spiro atoms. The number of hydrogen-bond donors (Lipinski definition) is 13. The smallest absolute Gasteiger partial charge is 0.462 e. The fraction of sp³-hybridized carbons (Fsp3) is 0.871. The Kier molecular flexibility index (Phi) is 49.7. The van der Waals surface area contributed by atoms with Gasteiger partial charge in [-0.05, 0) is 83.5 Å². The van der Waals surface area contributed by atoms with Crippen molar-refractivity contribution in [1.29, 1.82) is 0 Å². The van der Waals surface area contributed by atoms with Gasteiger partial charge in [0, 0.05) is 45.7 Å². The van der Waals surface area contributed by atoms with Crippen molar-refractivity contribution in [1.82, 2.24) is 16.0 Å². The lowest BCUT2D eigenvalue weighted by Crippen LogP contribution is -2.68. The van der Waals surface area contributed by atoms with E-state index in [1.165, 1.54) is 77.0 Å². The van der Waals surface area contributed by atoms with Crippen LogP contribution in [0.25, 0.3) is 0 Å². The molecule has 30 heteroatoms. The molecule has 3 rings (SSSR count). The van der Waals surface area contributed by atoms with Crippen LogP contribution in [0.15, 0.2) is 24.3 Å². The molecule has 0 radical (unpaired) electrons. The average Bonchev–Trinajstić information content (AvgIpc) is 0.781. The van der Waals surface area contributed by atoms with E-state index in [4.69, 9.17) is 46.9 Å². The zero-order chi connectivity index (χ0) is 73.3. The summed E-state index contributed by atoms with van der Waals surface area (Å²) in [6.07, 6.45) is 14.1. The lowest BCUT2D eigenvalue weighted by atomic mass is 9.95. The Labute approximate surface area is 592 Å². The second-order valence-corrected chi connectivity index (χ2v) is 27.7. The number of phosphoric ester groups is 1. The molecule has 3 amide bonds. The molecule has 13 N–H and O–H groups in total. The number of carbonyl (C=O) groups is 5. The van der Waals surface area contributed by atoms with E-state index >= 15 is 0 Å². The summed E-state index contributed by atoms with van der Waals surface area (Å²) in [5.41, 5.74) is 0. The Morgan fingerprint density at radius 1 is 0.460 bits per heavy atom. The van der Waals surface area contributed by atoms with Crippen LogP contribution >= 0.6 is 7.82 Å². The Bertz CT molecular complexity index is 2290. The first-order valence-electron chi connectivity index (χ1n) is 37.1. The van der Waals surface area contributed by atoms with Gasteiger partial charge in [-0.15, -0.1) is 0 Å². The van der Waals surface area contributed by atoms with Crippen LogP contribution in [-0.4, -0.2) is 238 Å². The molecule has 0 aromatic rings. The zero-order valence-corrected chi connectivity index (χ0v) is 60.6. The topological polar surface area (TPSA) is 433 Å². The van der Waals surface area contributed by atoms with Crippen LogP contribution in [0, 0.1) is 0 Å². The highest BCUT2D eigenvalue weighted by Crippen LogP contribution is 2.43. The summed E-state index contributed by atoms with van der Waals surface area (Å²) in [6.45, 7) is 1.58. The summed E-state index contributed by atoms with van der Waals surface area (Å²) in [6, 6.07) is -1.36. The fourth-order valence-corrected chi connectivity index (χ4v) is 12.4. The number of nitrogens with one attached hydrogen (secondary N) is 3. The Morgan fingerprint density at radius 3 is 1.43 bits per heavy atom. The van der Waals surface area contributed by atoms with Crippen LogP contribution in [0.3, 0.4) is 0 Å². The van der Waals surface area contributed by atoms with Crippen molar-refractivity contribution in [2.24, 2.45) is 0 Å². The van der Waals surface area contributed by atoms with Gasteiger partial charge in [-0.1, -0.05) is 141 Å². The molecule has 29 nitrogen and oxygen atoms in total. The largest absolute Gasteiger partial charge is 0.472 e. The number of ether oxygens (including phenoxy) is 8. The number of amides is 3. The summed E-state index contributed by atoms with van der Waals surface area (Å²) < 4.78 is 68.4. The average molecular weight is 1460 g/mol. The minimum Gasteiger partial charge on any atom is -0.462 e. The Balaban J connectivity index is 1.37. The highest BCUT2D eigenvalue weighted by atomic mass is 31.2. The summed E-state index contributed by atoms with van der Waals surface area (Å²) in [7, 11) is -4.73. The molecule has 0 saturated carbocycles. The number of carbonyl (C=O) groups excluding carboxylic acids is 5. The van der Waals surface area contributed by atoms with Crippen LogP contribution in [0.2, 0.25) is 0 Å². The molecule has 3 heterocycles. The molecule has 0 aromatic heterocycles. The minimum atomic E-state index is -4.73. The molecule has 3 aliphatic rings. The Hall–Kier alpha value is -3.66. The first-order valence-corrected chi connectivity index (χ1v) is 38.6. The van der Waals surface area contributed by atoms with Crippen molar-refractivity contribution in [2.75, 3.05) is 59.3 Å². The van der Waals surface area contributed by atoms with Crippen molar-refractivity contribution in [3.8, 4) is 0 Å². The highest BCUT2D eigenvalue weighted by Gasteiger charge is 2.54. The van der Waals surface area contributed by atoms with Crippen LogP contribution in [0.5, 0.6) is 0 Å². The van der Waals surface area contributed by atoms with Crippen LogP contribution in [0.1, 0.15) is 233 Å². The van der Waals surface area contributed by atoms with Gasteiger partial charge >= 0.3 is 19.8 Å². The van der Waals surface area contributed by atoms with Crippen molar-refractivity contribution in [2.45, 2.75) is 331 Å². The molecule has 3 saturated heterocycles. The number of phosphoric acid groups is 1. The first kappa shape index (κ1) is 90.6. The molecular formula is C70H126N3O26P. The monoisotopic (exact) mass is 1460 g/mol. The molecule has 100 heavy (non-hydrogen) atoms. The van der Waals surface area contributed by atoms with E-state index in [0.29, 0.717) is 25.7 Å². The van der Waals surface area contributed by atoms with Gasteiger partial charge in [0.25, 0.3) is 0 Å². The predicted octanol–water partition coefficient (Wildman–Crippen LogP) is 5.44. The quantitative estimate of drug-likeness (QED) is 0.0156. The summed E-state index contributed by atoms with van der Waals surface area (Å²) in [5, 5.41) is 103. The summed E-state index contributed by atoms with van der Waals surface area (Å²) in [4.78, 5) is 73.8. The number of hydrogen-bond acceptors (Lipinski definition) is 25. The maximum atomic E-state index is 13.0. The number of allylic oxidation sites excluding steroid dienone is 4. The van der Waals surface area contributed by atoms with Crippen molar-refractivity contribution in [3.05, 3.63) is 24.3 Å². The van der Waals surface area contributed by atoms with Gasteiger partial charge in [-0.25, -0.2) is 4.57 Å². The molecule has 17 atom stereocenters. The van der Waals surface area contributed by atoms with Crippen molar-refractivity contribution < 1.29 is 126 Å². The lowest BCUT2D eigenvalue weighted by Gasteiger charge is -2.48. The van der Waals surface area contributed by atoms with Crippen molar-refractivity contribution in [3.63, 3.8) is 0 Å². The van der Waals surface area contributed by atoms with Crippen LogP contribution in [0.4, 0.5) is 0 Å². The van der Waals surface area contributed by atoms with Crippen LogP contribution in [-0.2, 0) is 75.5 Å². The molecule has 1 unspecified atom stereocenters. The highest BCUT2D eigenvalue weighted by molar-refractivity contribution is 7.47. The van der Waals surface area contributed by atoms with Gasteiger partial charge in [0.2, 0.25) is 17.7 Å². The van der Waals surface area contributed by atoms with E-state index in [0.717, 1.165) is 84.0 Å². The SMILES string of the molecule is CCCCCCCC/C=C\CCCCCCCC(=O)OC[C@H](COP(=O)(O)OCCNC(=O)CCCCC(=O)NCCCO[C@@H]1O[C@H](CO)[C@@H](O[C@@H]2O[C@H](CO)[C@H](O)[C@H](O[C@H]3O[C@H](CO)[C@H](O)[C@H](O)[C@H]3O)[C@H]2O)[C@H](O)[C@H]1NC(C)=O)OC(=O)CCCCCCC/C=C\CCCCCCCC. The molecule has 3 fully saturated rings. The van der Waals surface area contributed by atoms with Gasteiger partial charge in [-0.2, -0.15) is 0 Å². The van der Waals surface area contributed by atoms with Gasteiger partial charge in [0.05, 0.1) is 39.6 Å². The van der Waals surface area contributed by atoms with E-state index in [1.807, 2.05) is 0 Å².